The lowest BCUT2D eigenvalue weighted by Gasteiger charge is -2.33. The molecule has 6 heteroatoms. The Morgan fingerprint density at radius 2 is 1.90 bits per heavy atom. The number of halogens is 2. The molecule has 0 unspecified atom stereocenters. The number of hydrogen-bond donors (Lipinski definition) is 2. The number of nitrogens with zero attached hydrogens (tertiary/aromatic N) is 1. The fourth-order valence-electron chi connectivity index (χ4n) is 2.68. The standard InChI is InChI=1S/C15H21F2N3O/c1-2-20(14-3-5-18-6-4-14)10-15(21)19-13-8-11(16)7-12(17)9-13/h7-9,14,18H,2-6,10H2,1H3,(H,19,21). The minimum atomic E-state index is -0.698. The van der Waals surface area contributed by atoms with Crippen LogP contribution in [0.5, 0.6) is 0 Å². The van der Waals surface area contributed by atoms with Gasteiger partial charge >= 0.3 is 0 Å². The average molecular weight is 297 g/mol. The van der Waals surface area contributed by atoms with Crippen molar-refractivity contribution in [2.24, 2.45) is 0 Å². The second kappa shape index (κ2) is 7.47. The molecule has 1 aromatic rings. The highest BCUT2D eigenvalue weighted by Crippen LogP contribution is 2.14. The monoisotopic (exact) mass is 297 g/mol. The molecular weight excluding hydrogens is 276 g/mol. The zero-order valence-corrected chi connectivity index (χ0v) is 12.2. The van der Waals surface area contributed by atoms with E-state index in [1.165, 1.54) is 0 Å². The Morgan fingerprint density at radius 3 is 2.48 bits per heavy atom. The molecule has 1 aromatic carbocycles. The summed E-state index contributed by atoms with van der Waals surface area (Å²) in [6.45, 7) is 4.93. The molecule has 2 rings (SSSR count). The van der Waals surface area contributed by atoms with Crippen LogP contribution in [0.1, 0.15) is 19.8 Å². The summed E-state index contributed by atoms with van der Waals surface area (Å²) >= 11 is 0. The SMILES string of the molecule is CCN(CC(=O)Nc1cc(F)cc(F)c1)C1CCNCC1. The Bertz CT molecular complexity index is 470. The summed E-state index contributed by atoms with van der Waals surface area (Å²) in [6, 6.07) is 3.39. The average Bonchev–Trinajstić information content (AvgIpc) is 2.44. The molecule has 1 fully saturated rings. The third-order valence-corrected chi connectivity index (χ3v) is 3.72. The van der Waals surface area contributed by atoms with Gasteiger partial charge in [-0.3, -0.25) is 9.69 Å². The van der Waals surface area contributed by atoms with E-state index in [0.29, 0.717) is 6.04 Å². The Morgan fingerprint density at radius 1 is 1.29 bits per heavy atom. The van der Waals surface area contributed by atoms with Crippen LogP contribution in [0.3, 0.4) is 0 Å². The third kappa shape index (κ3) is 4.75. The summed E-state index contributed by atoms with van der Waals surface area (Å²) < 4.78 is 26.2. The number of hydrogen-bond acceptors (Lipinski definition) is 3. The van der Waals surface area contributed by atoms with Crippen LogP contribution in [0.25, 0.3) is 0 Å². The van der Waals surface area contributed by atoms with E-state index < -0.39 is 11.6 Å². The van der Waals surface area contributed by atoms with Crippen molar-refractivity contribution in [3.63, 3.8) is 0 Å². The van der Waals surface area contributed by atoms with Crippen molar-refractivity contribution >= 4 is 11.6 Å². The quantitative estimate of drug-likeness (QED) is 0.873. The lowest BCUT2D eigenvalue weighted by molar-refractivity contribution is -0.118. The summed E-state index contributed by atoms with van der Waals surface area (Å²) in [5, 5.41) is 5.84. The number of piperidine rings is 1. The molecule has 1 aliphatic rings. The summed E-state index contributed by atoms with van der Waals surface area (Å²) in [6.07, 6.45) is 2.02. The van der Waals surface area contributed by atoms with Crippen LogP contribution in [0.4, 0.5) is 14.5 Å². The number of amides is 1. The molecule has 0 spiro atoms. The van der Waals surface area contributed by atoms with Gasteiger partial charge in [0.05, 0.1) is 6.54 Å². The fraction of sp³-hybridized carbons (Fsp3) is 0.533. The lowest BCUT2D eigenvalue weighted by atomic mass is 10.0. The molecule has 0 bridgehead atoms. The van der Waals surface area contributed by atoms with Crippen LogP contribution in [-0.4, -0.2) is 43.0 Å². The van der Waals surface area contributed by atoms with Crippen LogP contribution in [-0.2, 0) is 4.79 Å². The van der Waals surface area contributed by atoms with Gasteiger partial charge in [0.25, 0.3) is 0 Å². The van der Waals surface area contributed by atoms with Gasteiger partial charge in [-0.15, -0.1) is 0 Å². The molecule has 1 heterocycles. The Hall–Kier alpha value is -1.53. The summed E-state index contributed by atoms with van der Waals surface area (Å²) in [7, 11) is 0. The predicted octanol–water partition coefficient (Wildman–Crippen LogP) is 1.98. The van der Waals surface area contributed by atoms with Crippen molar-refractivity contribution in [2.75, 3.05) is 31.5 Å². The number of nitrogens with one attached hydrogen (secondary N) is 2. The van der Waals surface area contributed by atoms with Crippen LogP contribution in [0.2, 0.25) is 0 Å². The molecule has 116 valence electrons. The van der Waals surface area contributed by atoms with Gasteiger partial charge in [0.1, 0.15) is 11.6 Å². The molecule has 1 aliphatic heterocycles. The van der Waals surface area contributed by atoms with E-state index in [1.54, 1.807) is 0 Å². The summed E-state index contributed by atoms with van der Waals surface area (Å²) in [5.41, 5.74) is 0.152. The van der Waals surface area contributed by atoms with Crippen molar-refractivity contribution < 1.29 is 13.6 Å². The van der Waals surface area contributed by atoms with Gasteiger partial charge in [0, 0.05) is 17.8 Å². The van der Waals surface area contributed by atoms with E-state index in [0.717, 1.165) is 50.7 Å². The minimum Gasteiger partial charge on any atom is -0.325 e. The normalized spacial score (nSPS) is 16.2. The second-order valence-corrected chi connectivity index (χ2v) is 5.25. The first-order chi connectivity index (χ1) is 10.1. The molecule has 0 atom stereocenters. The van der Waals surface area contributed by atoms with Gasteiger partial charge in [-0.05, 0) is 44.6 Å². The largest absolute Gasteiger partial charge is 0.325 e. The van der Waals surface area contributed by atoms with Crippen LogP contribution in [0, 0.1) is 11.6 Å². The highest BCUT2D eigenvalue weighted by Gasteiger charge is 2.21. The number of anilines is 1. The minimum absolute atomic E-state index is 0.152. The summed E-state index contributed by atoms with van der Waals surface area (Å²) in [5.74, 6) is -1.65. The number of likely N-dealkylation sites (N-methyl/N-ethyl adjacent to an activating group) is 1. The Balaban J connectivity index is 1.92. The van der Waals surface area contributed by atoms with Crippen LogP contribution in [0.15, 0.2) is 18.2 Å². The smallest absolute Gasteiger partial charge is 0.238 e. The van der Waals surface area contributed by atoms with E-state index in [2.05, 4.69) is 15.5 Å². The van der Waals surface area contributed by atoms with Gasteiger partial charge < -0.3 is 10.6 Å². The first-order valence-electron chi connectivity index (χ1n) is 7.29. The van der Waals surface area contributed by atoms with Gasteiger partial charge in [-0.25, -0.2) is 8.78 Å². The topological polar surface area (TPSA) is 44.4 Å². The van der Waals surface area contributed by atoms with Crippen LogP contribution >= 0.6 is 0 Å². The molecule has 21 heavy (non-hydrogen) atoms. The number of carbonyl (C=O) groups excluding carboxylic acids is 1. The van der Waals surface area contributed by atoms with Crippen molar-refractivity contribution in [2.45, 2.75) is 25.8 Å². The van der Waals surface area contributed by atoms with Gasteiger partial charge in [0.2, 0.25) is 5.91 Å². The maximum atomic E-state index is 13.1. The van der Waals surface area contributed by atoms with E-state index in [9.17, 15) is 13.6 Å². The Labute approximate surface area is 123 Å². The van der Waals surface area contributed by atoms with E-state index >= 15 is 0 Å². The molecule has 0 radical (unpaired) electrons. The number of benzene rings is 1. The molecular formula is C15H21F2N3O. The van der Waals surface area contributed by atoms with E-state index in [4.69, 9.17) is 0 Å². The molecule has 0 aromatic heterocycles. The third-order valence-electron chi connectivity index (χ3n) is 3.72. The fourth-order valence-corrected chi connectivity index (χ4v) is 2.68. The highest BCUT2D eigenvalue weighted by molar-refractivity contribution is 5.92. The van der Waals surface area contributed by atoms with Crippen molar-refractivity contribution in [1.29, 1.82) is 0 Å². The lowest BCUT2D eigenvalue weighted by Crippen LogP contribution is -2.46. The van der Waals surface area contributed by atoms with Crippen molar-refractivity contribution in [3.8, 4) is 0 Å². The first-order valence-corrected chi connectivity index (χ1v) is 7.29. The van der Waals surface area contributed by atoms with Gasteiger partial charge in [0.15, 0.2) is 0 Å². The molecule has 0 aliphatic carbocycles. The van der Waals surface area contributed by atoms with Gasteiger partial charge in [-0.1, -0.05) is 6.92 Å². The predicted molar refractivity (Wildman–Crippen MR) is 78.1 cm³/mol. The maximum absolute atomic E-state index is 13.1. The maximum Gasteiger partial charge on any atom is 0.238 e. The molecule has 2 N–H and O–H groups in total. The molecule has 1 saturated heterocycles. The second-order valence-electron chi connectivity index (χ2n) is 5.25. The Kier molecular flexibility index (Phi) is 5.64. The number of rotatable bonds is 5. The molecule has 0 saturated carbocycles. The van der Waals surface area contributed by atoms with E-state index in [1.807, 2.05) is 6.92 Å². The first kappa shape index (κ1) is 15.9. The van der Waals surface area contributed by atoms with E-state index in [-0.39, 0.29) is 18.1 Å². The zero-order chi connectivity index (χ0) is 15.2. The summed E-state index contributed by atoms with van der Waals surface area (Å²) in [4.78, 5) is 14.1. The highest BCUT2D eigenvalue weighted by atomic mass is 19.1. The van der Waals surface area contributed by atoms with Crippen molar-refractivity contribution in [1.82, 2.24) is 10.2 Å². The molecule has 1 amide bonds. The van der Waals surface area contributed by atoms with Gasteiger partial charge in [-0.2, -0.15) is 0 Å². The number of carbonyl (C=O) groups is 1. The van der Waals surface area contributed by atoms with Crippen molar-refractivity contribution in [3.05, 3.63) is 29.8 Å². The molecule has 4 nitrogen and oxygen atoms in total. The van der Waals surface area contributed by atoms with Crippen LogP contribution < -0.4 is 10.6 Å². The zero-order valence-electron chi connectivity index (χ0n) is 12.2.